The van der Waals surface area contributed by atoms with Crippen LogP contribution in [-0.2, 0) is 14.3 Å². The van der Waals surface area contributed by atoms with Crippen molar-refractivity contribution in [1.29, 1.82) is 0 Å². The number of piperidine rings is 1. The Kier molecular flexibility index (Phi) is 5.29. The van der Waals surface area contributed by atoms with Gasteiger partial charge in [-0.3, -0.25) is 24.1 Å². The van der Waals surface area contributed by atoms with Crippen molar-refractivity contribution in [3.8, 4) is 5.75 Å². The maximum Gasteiger partial charge on any atom is 0.262 e. The number of ketones is 1. The van der Waals surface area contributed by atoms with Crippen LogP contribution in [0.2, 0.25) is 0 Å². The van der Waals surface area contributed by atoms with E-state index in [1.807, 2.05) is 0 Å². The average Bonchev–Trinajstić information content (AvgIpc) is 2.86. The Labute approximate surface area is 148 Å². The lowest BCUT2D eigenvalue weighted by molar-refractivity contribution is -0.133. The van der Waals surface area contributed by atoms with Crippen molar-refractivity contribution >= 4 is 23.5 Å². The highest BCUT2D eigenvalue weighted by molar-refractivity contribution is 6.23. The Morgan fingerprint density at radius 3 is 2.58 bits per heavy atom. The lowest BCUT2D eigenvalue weighted by Crippen LogP contribution is -2.55. The molecule has 0 spiro atoms. The van der Waals surface area contributed by atoms with E-state index >= 15 is 0 Å². The molecule has 26 heavy (non-hydrogen) atoms. The number of hydrogen-bond acceptors (Lipinski definition) is 7. The summed E-state index contributed by atoms with van der Waals surface area (Å²) in [6.45, 7) is 0.548. The molecule has 2 heterocycles. The van der Waals surface area contributed by atoms with E-state index in [0.717, 1.165) is 4.90 Å². The van der Waals surface area contributed by atoms with E-state index in [9.17, 15) is 19.2 Å². The van der Waals surface area contributed by atoms with Crippen molar-refractivity contribution in [3.05, 3.63) is 29.3 Å². The zero-order valence-electron chi connectivity index (χ0n) is 13.9. The lowest BCUT2D eigenvalue weighted by atomic mass is 10.0. The Morgan fingerprint density at radius 2 is 1.85 bits per heavy atom. The summed E-state index contributed by atoms with van der Waals surface area (Å²) < 4.78 is 10.5. The first-order valence-corrected chi connectivity index (χ1v) is 8.15. The first kappa shape index (κ1) is 18.0. The van der Waals surface area contributed by atoms with Gasteiger partial charge in [0, 0.05) is 6.54 Å². The standard InChI is InChI=1S/C17H18N2O7/c20-3-4-25-5-6-26-10-1-2-11-12(7-10)17(24)19(16(11)23)13-9-18-15(22)8-14(13)21/h1-2,7,13,20H,3-6,8-9H2,(H,18,22). The van der Waals surface area contributed by atoms with Gasteiger partial charge in [-0.25, -0.2) is 0 Å². The van der Waals surface area contributed by atoms with E-state index < -0.39 is 29.5 Å². The zero-order valence-corrected chi connectivity index (χ0v) is 13.9. The first-order valence-electron chi connectivity index (χ1n) is 8.15. The van der Waals surface area contributed by atoms with Crippen molar-refractivity contribution in [1.82, 2.24) is 10.2 Å². The Balaban J connectivity index is 1.71. The number of fused-ring (bicyclic) bond motifs is 1. The van der Waals surface area contributed by atoms with E-state index in [-0.39, 0.29) is 50.5 Å². The molecule has 0 aliphatic carbocycles. The van der Waals surface area contributed by atoms with Crippen molar-refractivity contribution in [2.45, 2.75) is 12.5 Å². The Morgan fingerprint density at radius 1 is 1.08 bits per heavy atom. The molecule has 2 N–H and O–H groups in total. The van der Waals surface area contributed by atoms with Gasteiger partial charge in [0.1, 0.15) is 18.4 Å². The molecule has 9 heteroatoms. The summed E-state index contributed by atoms with van der Waals surface area (Å²) in [6, 6.07) is 3.50. The molecular formula is C17H18N2O7. The molecule has 1 saturated heterocycles. The van der Waals surface area contributed by atoms with Gasteiger partial charge in [0.15, 0.2) is 5.78 Å². The van der Waals surface area contributed by atoms with Gasteiger partial charge >= 0.3 is 0 Å². The molecule has 0 aromatic heterocycles. The minimum Gasteiger partial charge on any atom is -0.491 e. The van der Waals surface area contributed by atoms with Crippen molar-refractivity contribution < 1.29 is 33.8 Å². The fourth-order valence-corrected chi connectivity index (χ4v) is 2.89. The lowest BCUT2D eigenvalue weighted by Gasteiger charge is -2.28. The smallest absolute Gasteiger partial charge is 0.262 e. The van der Waals surface area contributed by atoms with Crippen LogP contribution in [0.25, 0.3) is 0 Å². The van der Waals surface area contributed by atoms with E-state index in [2.05, 4.69) is 5.32 Å². The van der Waals surface area contributed by atoms with E-state index in [1.54, 1.807) is 6.07 Å². The number of rotatable bonds is 7. The highest BCUT2D eigenvalue weighted by atomic mass is 16.5. The number of carbonyl (C=O) groups excluding carboxylic acids is 4. The summed E-state index contributed by atoms with van der Waals surface area (Å²) in [5.41, 5.74) is 0.358. The predicted octanol–water partition coefficient (Wildman–Crippen LogP) is -0.872. The topological polar surface area (TPSA) is 122 Å². The number of amides is 3. The number of aliphatic hydroxyl groups is 1. The maximum atomic E-state index is 12.6. The van der Waals surface area contributed by atoms with Gasteiger partial charge in [0.25, 0.3) is 11.8 Å². The third-order valence-corrected chi connectivity index (χ3v) is 4.13. The Bertz CT molecular complexity index is 761. The number of hydrogen-bond donors (Lipinski definition) is 2. The summed E-state index contributed by atoms with van der Waals surface area (Å²) in [7, 11) is 0. The quantitative estimate of drug-likeness (QED) is 0.367. The minimum atomic E-state index is -0.989. The number of ether oxygens (including phenoxy) is 2. The first-order chi connectivity index (χ1) is 12.5. The van der Waals surface area contributed by atoms with Crippen LogP contribution in [0.5, 0.6) is 5.75 Å². The van der Waals surface area contributed by atoms with E-state index in [1.165, 1.54) is 12.1 Å². The molecule has 0 saturated carbocycles. The predicted molar refractivity (Wildman–Crippen MR) is 86.8 cm³/mol. The summed E-state index contributed by atoms with van der Waals surface area (Å²) in [6.07, 6.45) is -0.347. The third-order valence-electron chi connectivity index (χ3n) is 4.13. The largest absolute Gasteiger partial charge is 0.491 e. The molecule has 1 atom stereocenters. The minimum absolute atomic E-state index is 0.0747. The molecule has 3 rings (SSSR count). The van der Waals surface area contributed by atoms with Crippen molar-refractivity contribution in [3.63, 3.8) is 0 Å². The fraction of sp³-hybridized carbons (Fsp3) is 0.412. The van der Waals surface area contributed by atoms with Crippen LogP contribution in [-0.4, -0.2) is 72.5 Å². The fourth-order valence-electron chi connectivity index (χ4n) is 2.89. The average molecular weight is 362 g/mol. The van der Waals surface area contributed by atoms with Crippen LogP contribution in [0.1, 0.15) is 27.1 Å². The van der Waals surface area contributed by atoms with Crippen LogP contribution < -0.4 is 10.1 Å². The normalized spacial score (nSPS) is 19.6. The van der Waals surface area contributed by atoms with Gasteiger partial charge in [-0.15, -0.1) is 0 Å². The molecule has 138 valence electrons. The van der Waals surface area contributed by atoms with Crippen LogP contribution in [0.4, 0.5) is 0 Å². The number of Topliss-reactive ketones (excluding diaryl/α,β-unsaturated/α-hetero) is 1. The van der Waals surface area contributed by atoms with Gasteiger partial charge in [-0.2, -0.15) is 0 Å². The molecule has 9 nitrogen and oxygen atoms in total. The monoisotopic (exact) mass is 362 g/mol. The molecule has 1 unspecified atom stereocenters. The van der Waals surface area contributed by atoms with Crippen LogP contribution >= 0.6 is 0 Å². The van der Waals surface area contributed by atoms with E-state index in [4.69, 9.17) is 14.6 Å². The maximum absolute atomic E-state index is 12.6. The Hall–Kier alpha value is -2.78. The molecule has 2 aliphatic heterocycles. The second-order valence-electron chi connectivity index (χ2n) is 5.84. The number of benzene rings is 1. The van der Waals surface area contributed by atoms with Gasteiger partial charge in [0.05, 0.1) is 37.4 Å². The molecule has 1 aromatic rings. The molecular weight excluding hydrogens is 344 g/mol. The third kappa shape index (κ3) is 3.44. The molecule has 1 aromatic carbocycles. The van der Waals surface area contributed by atoms with Gasteiger partial charge < -0.3 is 19.9 Å². The second kappa shape index (κ2) is 7.63. The molecule has 0 bridgehead atoms. The van der Waals surface area contributed by atoms with Crippen molar-refractivity contribution in [2.24, 2.45) is 0 Å². The molecule has 0 radical (unpaired) electrons. The number of aliphatic hydroxyl groups excluding tert-OH is 1. The van der Waals surface area contributed by atoms with Gasteiger partial charge in [-0.1, -0.05) is 0 Å². The van der Waals surface area contributed by atoms with Crippen LogP contribution in [0.15, 0.2) is 18.2 Å². The van der Waals surface area contributed by atoms with Crippen molar-refractivity contribution in [2.75, 3.05) is 33.0 Å². The van der Waals surface area contributed by atoms with Crippen LogP contribution in [0.3, 0.4) is 0 Å². The summed E-state index contributed by atoms with van der Waals surface area (Å²) >= 11 is 0. The number of carbonyl (C=O) groups is 4. The van der Waals surface area contributed by atoms with Crippen LogP contribution in [0, 0.1) is 0 Å². The number of nitrogens with one attached hydrogen (secondary N) is 1. The molecule has 1 fully saturated rings. The van der Waals surface area contributed by atoms with E-state index in [0.29, 0.717) is 5.75 Å². The second-order valence-corrected chi connectivity index (χ2v) is 5.84. The van der Waals surface area contributed by atoms with Gasteiger partial charge in [0.2, 0.25) is 5.91 Å². The molecule has 3 amide bonds. The van der Waals surface area contributed by atoms with Gasteiger partial charge in [-0.05, 0) is 18.2 Å². The molecule has 2 aliphatic rings. The summed E-state index contributed by atoms with van der Waals surface area (Å²) in [5, 5.41) is 11.1. The number of imide groups is 1. The highest BCUT2D eigenvalue weighted by Crippen LogP contribution is 2.29. The summed E-state index contributed by atoms with van der Waals surface area (Å²) in [5.74, 6) is -1.62. The zero-order chi connectivity index (χ0) is 18.7. The number of nitrogens with zero attached hydrogens (tertiary/aromatic N) is 1. The summed E-state index contributed by atoms with van der Waals surface area (Å²) in [4.78, 5) is 49.4. The SMILES string of the molecule is O=C1CC(=O)C(N2C(=O)c3ccc(OCCOCCO)cc3C2=O)CN1. The highest BCUT2D eigenvalue weighted by Gasteiger charge is 2.44.